The van der Waals surface area contributed by atoms with E-state index in [1.165, 1.54) is 283 Å². The lowest BCUT2D eigenvalue weighted by atomic mass is 10.0. The van der Waals surface area contributed by atoms with E-state index in [9.17, 15) is 19.0 Å². The number of carbonyl (C=O) groups excluding carboxylic acids is 2. The van der Waals surface area contributed by atoms with Crippen LogP contribution < -0.4 is 0 Å². The Kier molecular flexibility index (Phi) is 65.8. The van der Waals surface area contributed by atoms with Crippen LogP contribution in [0.5, 0.6) is 0 Å². The zero-order chi connectivity index (χ0) is 62.6. The summed E-state index contributed by atoms with van der Waals surface area (Å²) in [5, 5.41) is 0. The predicted molar refractivity (Wildman–Crippen MR) is 372 cm³/mol. The standard InChI is InChI=1S/C76H144NO8P/c1-6-8-10-12-14-16-18-20-22-24-26-28-30-32-34-35-36-37-38-39-40-41-43-45-47-49-51-53-55-57-59-61-63-65-67-69-76(79)85-74(73-84-86(80,81)83-71-70-77(3,4)5)72-82-75(78)68-66-64-62-60-58-56-54-52-50-48-46-44-42-33-31-29-27-25-23-21-19-17-15-13-11-9-7-2/h8,10,14,16,20,22,26,28,74H,6-7,9,11-13,15,17-19,21,23-25,27,29-73H2,1-5H3/p+1/b10-8-,16-14-,22-20-,28-26-. The van der Waals surface area contributed by atoms with Gasteiger partial charge >= 0.3 is 19.8 Å². The molecule has 0 heterocycles. The van der Waals surface area contributed by atoms with Crippen LogP contribution in [0.3, 0.4) is 0 Å². The Bertz CT molecular complexity index is 1590. The van der Waals surface area contributed by atoms with Crippen molar-refractivity contribution in [2.24, 2.45) is 0 Å². The Morgan fingerprint density at radius 3 is 0.988 bits per heavy atom. The topological polar surface area (TPSA) is 108 Å². The molecule has 0 spiro atoms. The van der Waals surface area contributed by atoms with E-state index < -0.39 is 26.5 Å². The average Bonchev–Trinajstić information content (AvgIpc) is 3.56. The monoisotopic (exact) mass is 1230 g/mol. The minimum absolute atomic E-state index is 0.0350. The van der Waals surface area contributed by atoms with Crippen LogP contribution in [0, 0.1) is 0 Å². The van der Waals surface area contributed by atoms with Crippen molar-refractivity contribution in [3.63, 3.8) is 0 Å². The second-order valence-electron chi connectivity index (χ2n) is 26.7. The number of esters is 2. The maximum Gasteiger partial charge on any atom is 0.472 e. The Balaban J connectivity index is 3.94. The number of nitrogens with zero attached hydrogens (tertiary/aromatic N) is 1. The summed E-state index contributed by atoms with van der Waals surface area (Å²) < 4.78 is 34.8. The fourth-order valence-electron chi connectivity index (χ4n) is 11.2. The van der Waals surface area contributed by atoms with Gasteiger partial charge in [-0.05, 0) is 51.4 Å². The van der Waals surface area contributed by atoms with Crippen molar-refractivity contribution >= 4 is 19.8 Å². The highest BCUT2D eigenvalue weighted by molar-refractivity contribution is 7.47. The zero-order valence-corrected chi connectivity index (χ0v) is 58.7. The van der Waals surface area contributed by atoms with Crippen molar-refractivity contribution in [2.75, 3.05) is 47.5 Å². The van der Waals surface area contributed by atoms with E-state index in [1.54, 1.807) is 0 Å². The van der Waals surface area contributed by atoms with E-state index in [1.807, 2.05) is 21.1 Å². The molecular weight excluding hydrogens is 1090 g/mol. The third kappa shape index (κ3) is 71.1. The molecule has 86 heavy (non-hydrogen) atoms. The number of hydrogen-bond acceptors (Lipinski definition) is 7. The molecule has 10 heteroatoms. The second kappa shape index (κ2) is 67.4. The molecule has 0 rings (SSSR count). The summed E-state index contributed by atoms with van der Waals surface area (Å²) in [6.45, 7) is 4.40. The number of carbonyl (C=O) groups is 2. The van der Waals surface area contributed by atoms with Gasteiger partial charge in [0.2, 0.25) is 0 Å². The highest BCUT2D eigenvalue weighted by Gasteiger charge is 2.27. The molecule has 0 saturated heterocycles. The van der Waals surface area contributed by atoms with Gasteiger partial charge in [-0.1, -0.05) is 358 Å². The van der Waals surface area contributed by atoms with Crippen molar-refractivity contribution in [3.05, 3.63) is 48.6 Å². The molecule has 0 amide bonds. The minimum Gasteiger partial charge on any atom is -0.462 e. The molecule has 0 saturated carbocycles. The van der Waals surface area contributed by atoms with Crippen LogP contribution in [0.25, 0.3) is 0 Å². The Hall–Kier alpha value is -2.03. The van der Waals surface area contributed by atoms with Gasteiger partial charge in [-0.3, -0.25) is 18.6 Å². The maximum atomic E-state index is 12.9. The maximum absolute atomic E-state index is 12.9. The van der Waals surface area contributed by atoms with Crippen LogP contribution >= 0.6 is 7.82 Å². The fraction of sp³-hybridized carbons (Fsp3) is 0.868. The third-order valence-corrected chi connectivity index (χ3v) is 17.9. The number of phosphoric acid groups is 1. The Labute approximate surface area is 534 Å². The van der Waals surface area contributed by atoms with E-state index >= 15 is 0 Å². The van der Waals surface area contributed by atoms with E-state index in [-0.39, 0.29) is 25.6 Å². The first-order valence-corrected chi connectivity index (χ1v) is 38.9. The first kappa shape index (κ1) is 84.0. The van der Waals surface area contributed by atoms with Gasteiger partial charge < -0.3 is 18.9 Å². The van der Waals surface area contributed by atoms with E-state index in [4.69, 9.17) is 18.5 Å². The van der Waals surface area contributed by atoms with Gasteiger partial charge in [0.05, 0.1) is 27.7 Å². The van der Waals surface area contributed by atoms with Crippen molar-refractivity contribution in [2.45, 2.75) is 380 Å². The zero-order valence-electron chi connectivity index (χ0n) is 57.8. The number of quaternary nitrogens is 1. The number of phosphoric ester groups is 1. The van der Waals surface area contributed by atoms with E-state index in [2.05, 4.69) is 62.5 Å². The van der Waals surface area contributed by atoms with Crippen molar-refractivity contribution in [1.82, 2.24) is 0 Å². The summed E-state index contributed by atoms with van der Waals surface area (Å²) in [5.74, 6) is -0.773. The van der Waals surface area contributed by atoms with Gasteiger partial charge in [0.25, 0.3) is 0 Å². The number of allylic oxidation sites excluding steroid dienone is 8. The van der Waals surface area contributed by atoms with Gasteiger partial charge in [0.1, 0.15) is 19.8 Å². The van der Waals surface area contributed by atoms with Gasteiger partial charge in [0, 0.05) is 12.8 Å². The first-order chi connectivity index (χ1) is 42.0. The molecule has 0 aromatic heterocycles. The average molecular weight is 1230 g/mol. The molecular formula is C76H145NO8P+. The summed E-state index contributed by atoms with van der Waals surface area (Å²) >= 11 is 0. The van der Waals surface area contributed by atoms with E-state index in [0.717, 1.165) is 57.8 Å². The van der Waals surface area contributed by atoms with Crippen LogP contribution in [-0.4, -0.2) is 74.9 Å². The second-order valence-corrected chi connectivity index (χ2v) is 28.1. The molecule has 0 aliphatic rings. The molecule has 0 fully saturated rings. The highest BCUT2D eigenvalue weighted by Crippen LogP contribution is 2.43. The number of rotatable bonds is 70. The third-order valence-electron chi connectivity index (χ3n) is 16.9. The quantitative estimate of drug-likeness (QED) is 0.0211. The molecule has 0 aliphatic heterocycles. The van der Waals surface area contributed by atoms with Gasteiger partial charge in [-0.15, -0.1) is 0 Å². The summed E-state index contributed by atoms with van der Waals surface area (Å²) in [7, 11) is 1.50. The smallest absolute Gasteiger partial charge is 0.462 e. The molecule has 0 aromatic rings. The minimum atomic E-state index is -4.39. The predicted octanol–water partition coefficient (Wildman–Crippen LogP) is 24.4. The van der Waals surface area contributed by atoms with Gasteiger partial charge in [0.15, 0.2) is 6.10 Å². The summed E-state index contributed by atoms with van der Waals surface area (Å²) in [4.78, 5) is 35.9. The molecule has 0 radical (unpaired) electrons. The molecule has 0 bridgehead atoms. The number of likely N-dealkylation sites (N-methyl/N-ethyl adjacent to an activating group) is 1. The van der Waals surface area contributed by atoms with Crippen LogP contribution in [0.15, 0.2) is 48.6 Å². The summed E-state index contributed by atoms with van der Waals surface area (Å²) in [5.41, 5.74) is 0. The summed E-state index contributed by atoms with van der Waals surface area (Å²) in [6.07, 6.45) is 88.1. The van der Waals surface area contributed by atoms with Crippen molar-refractivity contribution < 1.29 is 42.1 Å². The van der Waals surface area contributed by atoms with Crippen LogP contribution in [0.4, 0.5) is 0 Å². The Morgan fingerprint density at radius 2 is 0.663 bits per heavy atom. The molecule has 506 valence electrons. The largest absolute Gasteiger partial charge is 0.472 e. The lowest BCUT2D eigenvalue weighted by molar-refractivity contribution is -0.870. The van der Waals surface area contributed by atoms with Gasteiger partial charge in [-0.2, -0.15) is 0 Å². The molecule has 2 atom stereocenters. The molecule has 1 N–H and O–H groups in total. The number of ether oxygens (including phenoxy) is 2. The van der Waals surface area contributed by atoms with Crippen LogP contribution in [-0.2, 0) is 32.7 Å². The lowest BCUT2D eigenvalue weighted by Gasteiger charge is -2.24. The SMILES string of the molecule is CC/C=C\C/C=C\C/C=C\C/C=C\CCCCCCCCCCCCCCCCCCCCCCCCC(=O)OC(COC(=O)CCCCCCCCCCCCCCCCCCCCCCCCCCCCC)COP(=O)(O)OCC[N+](C)(C)C. The van der Waals surface area contributed by atoms with Crippen LogP contribution in [0.2, 0.25) is 0 Å². The van der Waals surface area contributed by atoms with Crippen molar-refractivity contribution in [1.29, 1.82) is 0 Å². The molecule has 9 nitrogen and oxygen atoms in total. The summed E-state index contributed by atoms with van der Waals surface area (Å²) in [6, 6.07) is 0. The lowest BCUT2D eigenvalue weighted by Crippen LogP contribution is -2.37. The molecule has 0 aromatic carbocycles. The fourth-order valence-corrected chi connectivity index (χ4v) is 11.9. The Morgan fingerprint density at radius 1 is 0.372 bits per heavy atom. The number of unbranched alkanes of at least 4 members (excludes halogenated alkanes) is 48. The van der Waals surface area contributed by atoms with Gasteiger partial charge in [-0.25, -0.2) is 4.57 Å². The van der Waals surface area contributed by atoms with Crippen molar-refractivity contribution in [3.8, 4) is 0 Å². The van der Waals surface area contributed by atoms with E-state index in [0.29, 0.717) is 23.9 Å². The molecule has 0 aliphatic carbocycles. The molecule has 2 unspecified atom stereocenters. The highest BCUT2D eigenvalue weighted by atomic mass is 31.2. The number of hydrogen-bond donors (Lipinski definition) is 1. The normalized spacial score (nSPS) is 13.3. The first-order valence-electron chi connectivity index (χ1n) is 37.4. The van der Waals surface area contributed by atoms with Crippen LogP contribution in [0.1, 0.15) is 373 Å².